The van der Waals surface area contributed by atoms with E-state index in [0.717, 1.165) is 109 Å². The van der Waals surface area contributed by atoms with E-state index in [1.165, 1.54) is 122 Å². The van der Waals surface area contributed by atoms with E-state index in [2.05, 4.69) is 81.5 Å². The fraction of sp³-hybridized carbons (Fsp3) is 0.791. The summed E-state index contributed by atoms with van der Waals surface area (Å²) in [6.45, 7) is 5.88. The Labute approximate surface area is 481 Å². The molecule has 1 aliphatic rings. The van der Waals surface area contributed by atoms with Crippen molar-refractivity contribution >= 4 is 23.9 Å². The lowest BCUT2D eigenvalue weighted by Crippen LogP contribution is -2.61. The molecule has 0 radical (unpaired) electrons. The van der Waals surface area contributed by atoms with Crippen molar-refractivity contribution in [3.63, 3.8) is 0 Å². The van der Waals surface area contributed by atoms with Crippen LogP contribution in [0.25, 0.3) is 0 Å². The highest BCUT2D eigenvalue weighted by atomic mass is 16.7. The molecule has 1 fully saturated rings. The zero-order valence-electron chi connectivity index (χ0n) is 50.4. The SMILES string of the molecule is CC/C=C\C/C=C\C/C=C\C/C=C\CCCCCCC(=O)OC1C(OCC(COC(=O)CCCCCCCCCCCCCCCCCCCCC)OC(=O)CCCCCCC/C=C\CCCCCC)OC(C(=O)O)C(O)C1O. The van der Waals surface area contributed by atoms with Gasteiger partial charge in [-0.15, -0.1) is 0 Å². The summed E-state index contributed by atoms with van der Waals surface area (Å²) in [5.74, 6) is -3.14. The highest BCUT2D eigenvalue weighted by Gasteiger charge is 2.50. The highest BCUT2D eigenvalue weighted by molar-refractivity contribution is 5.74. The van der Waals surface area contributed by atoms with Gasteiger partial charge in [0.1, 0.15) is 18.8 Å². The third kappa shape index (κ3) is 44.7. The molecule has 1 heterocycles. The maximum Gasteiger partial charge on any atom is 0.335 e. The van der Waals surface area contributed by atoms with E-state index in [4.69, 9.17) is 23.7 Å². The predicted octanol–water partition coefficient (Wildman–Crippen LogP) is 17.1. The Kier molecular flexibility index (Phi) is 51.1. The molecule has 6 atom stereocenters. The maximum absolute atomic E-state index is 13.2. The van der Waals surface area contributed by atoms with Crippen LogP contribution in [0.5, 0.6) is 0 Å². The Morgan fingerprint density at radius 1 is 0.430 bits per heavy atom. The topological polar surface area (TPSA) is 175 Å². The van der Waals surface area contributed by atoms with Gasteiger partial charge >= 0.3 is 23.9 Å². The molecule has 0 amide bonds. The molecule has 1 rings (SSSR count). The van der Waals surface area contributed by atoms with E-state index >= 15 is 0 Å². The van der Waals surface area contributed by atoms with Crippen molar-refractivity contribution in [2.24, 2.45) is 0 Å². The van der Waals surface area contributed by atoms with Crippen molar-refractivity contribution in [3.05, 3.63) is 60.8 Å². The third-order valence-corrected chi connectivity index (χ3v) is 14.6. The summed E-state index contributed by atoms with van der Waals surface area (Å²) in [4.78, 5) is 51.3. The molecule has 1 aliphatic heterocycles. The number of unbranched alkanes of at least 4 members (excludes halogenated alkanes) is 31. The van der Waals surface area contributed by atoms with Gasteiger partial charge in [0.25, 0.3) is 0 Å². The summed E-state index contributed by atoms with van der Waals surface area (Å²) in [7, 11) is 0. The second kappa shape index (κ2) is 55.0. The van der Waals surface area contributed by atoms with Crippen LogP contribution in [0.3, 0.4) is 0 Å². The first-order chi connectivity index (χ1) is 38.6. The molecule has 6 unspecified atom stereocenters. The molecule has 0 aliphatic carbocycles. The fourth-order valence-electron chi connectivity index (χ4n) is 9.65. The second-order valence-corrected chi connectivity index (χ2v) is 22.0. The number of carbonyl (C=O) groups excluding carboxylic acids is 3. The lowest BCUT2D eigenvalue weighted by atomic mass is 9.98. The van der Waals surface area contributed by atoms with Gasteiger partial charge in [0.2, 0.25) is 0 Å². The van der Waals surface area contributed by atoms with Crippen molar-refractivity contribution in [1.82, 2.24) is 0 Å². The van der Waals surface area contributed by atoms with Crippen molar-refractivity contribution in [1.29, 1.82) is 0 Å². The van der Waals surface area contributed by atoms with Crippen molar-refractivity contribution in [2.75, 3.05) is 13.2 Å². The number of carbonyl (C=O) groups is 4. The van der Waals surface area contributed by atoms with Gasteiger partial charge in [0.15, 0.2) is 24.6 Å². The Balaban J connectivity index is 2.65. The van der Waals surface area contributed by atoms with Gasteiger partial charge in [0, 0.05) is 19.3 Å². The molecule has 12 nitrogen and oxygen atoms in total. The first kappa shape index (κ1) is 73.4. The van der Waals surface area contributed by atoms with Crippen LogP contribution in [-0.2, 0) is 42.9 Å². The number of allylic oxidation sites excluding steroid dienone is 10. The monoisotopic (exact) mass is 1110 g/mol. The summed E-state index contributed by atoms with van der Waals surface area (Å²) in [5.41, 5.74) is 0. The van der Waals surface area contributed by atoms with Crippen molar-refractivity contribution in [3.8, 4) is 0 Å². The Morgan fingerprint density at radius 2 is 0.797 bits per heavy atom. The molecular weight excluding hydrogens is 997 g/mol. The van der Waals surface area contributed by atoms with E-state index in [9.17, 15) is 34.5 Å². The number of carboxylic acids is 1. The van der Waals surface area contributed by atoms with Crippen LogP contribution in [0, 0.1) is 0 Å². The van der Waals surface area contributed by atoms with E-state index < -0.39 is 67.3 Å². The molecule has 1 saturated heterocycles. The Morgan fingerprint density at radius 3 is 1.24 bits per heavy atom. The molecule has 0 aromatic heterocycles. The lowest BCUT2D eigenvalue weighted by Gasteiger charge is -2.40. The number of aliphatic hydroxyl groups excluding tert-OH is 2. The molecule has 0 spiro atoms. The molecule has 3 N–H and O–H groups in total. The first-order valence-electron chi connectivity index (χ1n) is 32.3. The molecule has 456 valence electrons. The predicted molar refractivity (Wildman–Crippen MR) is 322 cm³/mol. The standard InChI is InChI=1S/C67H116O12/c1-4-7-10-13-16-19-22-25-27-29-30-32-33-36-38-41-44-47-50-53-59(68)75-56-58(77-60(69)54-51-48-45-42-39-35-24-21-18-15-12-9-6-3)57-76-67-65(63(72)62(71)64(79-67)66(73)74)78-61(70)55-52-49-46-43-40-37-34-31-28-26-23-20-17-14-11-8-5-2/h8,11,17,20-21,24,26,28,34,37,58,62-65,67,71-72H,4-7,9-10,12-16,18-19,22-23,25,27,29-33,35-36,38-57H2,1-3H3,(H,73,74)/b11-8-,20-17-,24-21-,28-26-,37-34-. The average molecular weight is 1110 g/mol. The summed E-state index contributed by atoms with van der Waals surface area (Å²) in [5, 5.41) is 31.5. The fourth-order valence-corrected chi connectivity index (χ4v) is 9.65. The summed E-state index contributed by atoms with van der Waals surface area (Å²) < 4.78 is 28.5. The van der Waals surface area contributed by atoms with Gasteiger partial charge in [0.05, 0.1) is 6.61 Å². The molecule has 0 bridgehead atoms. The zero-order valence-corrected chi connectivity index (χ0v) is 50.4. The van der Waals surface area contributed by atoms with Crippen LogP contribution in [0.2, 0.25) is 0 Å². The van der Waals surface area contributed by atoms with Gasteiger partial charge in [-0.3, -0.25) is 14.4 Å². The maximum atomic E-state index is 13.2. The van der Waals surface area contributed by atoms with Crippen LogP contribution in [-0.4, -0.2) is 89.2 Å². The summed E-state index contributed by atoms with van der Waals surface area (Å²) >= 11 is 0. The Hall–Kier alpha value is -3.58. The van der Waals surface area contributed by atoms with Gasteiger partial charge in [-0.1, -0.05) is 248 Å². The van der Waals surface area contributed by atoms with Crippen LogP contribution in [0.1, 0.15) is 290 Å². The smallest absolute Gasteiger partial charge is 0.335 e. The Bertz CT molecular complexity index is 1600. The third-order valence-electron chi connectivity index (χ3n) is 14.6. The normalized spacial score (nSPS) is 18.2. The van der Waals surface area contributed by atoms with Gasteiger partial charge in [-0.2, -0.15) is 0 Å². The molecule has 0 aromatic rings. The zero-order chi connectivity index (χ0) is 57.5. The molecule has 0 aromatic carbocycles. The van der Waals surface area contributed by atoms with Crippen molar-refractivity contribution < 1.29 is 58.2 Å². The van der Waals surface area contributed by atoms with E-state index in [0.29, 0.717) is 19.3 Å². The number of aliphatic carboxylic acids is 1. The number of hydrogen-bond donors (Lipinski definition) is 3. The molecule has 0 saturated carbocycles. The van der Waals surface area contributed by atoms with Crippen LogP contribution < -0.4 is 0 Å². The number of ether oxygens (including phenoxy) is 5. The summed E-state index contributed by atoms with van der Waals surface area (Å²) in [6, 6.07) is 0. The number of carboxylic acid groups (broad SMARTS) is 1. The minimum absolute atomic E-state index is 0.0320. The minimum Gasteiger partial charge on any atom is -0.479 e. The van der Waals surface area contributed by atoms with Crippen LogP contribution in [0.15, 0.2) is 60.8 Å². The largest absolute Gasteiger partial charge is 0.479 e. The average Bonchev–Trinajstić information content (AvgIpc) is 3.46. The molecule has 12 heteroatoms. The van der Waals surface area contributed by atoms with Crippen LogP contribution >= 0.6 is 0 Å². The van der Waals surface area contributed by atoms with E-state index in [-0.39, 0.29) is 25.9 Å². The highest BCUT2D eigenvalue weighted by Crippen LogP contribution is 2.27. The van der Waals surface area contributed by atoms with Gasteiger partial charge < -0.3 is 39.0 Å². The van der Waals surface area contributed by atoms with Gasteiger partial charge in [-0.05, 0) is 83.5 Å². The van der Waals surface area contributed by atoms with E-state index in [1.807, 2.05) is 0 Å². The summed E-state index contributed by atoms with van der Waals surface area (Å²) in [6.07, 6.45) is 56.1. The second-order valence-electron chi connectivity index (χ2n) is 22.0. The van der Waals surface area contributed by atoms with E-state index in [1.54, 1.807) is 0 Å². The molecular formula is C67H116O12. The number of rotatable bonds is 55. The number of hydrogen-bond acceptors (Lipinski definition) is 11. The quantitative estimate of drug-likeness (QED) is 0.0228. The first-order valence-corrected chi connectivity index (χ1v) is 32.3. The van der Waals surface area contributed by atoms with Crippen molar-refractivity contribution in [2.45, 2.75) is 327 Å². The van der Waals surface area contributed by atoms with Crippen LogP contribution in [0.4, 0.5) is 0 Å². The minimum atomic E-state index is -1.91. The number of aliphatic hydroxyl groups is 2. The molecule has 79 heavy (non-hydrogen) atoms. The lowest BCUT2D eigenvalue weighted by molar-refractivity contribution is -0.301. The number of esters is 3. The van der Waals surface area contributed by atoms with Gasteiger partial charge in [-0.25, -0.2) is 4.79 Å².